The van der Waals surface area contributed by atoms with Crippen LogP contribution in [0.15, 0.2) is 22.8 Å². The molecule has 1 rings (SSSR count). The second-order valence-corrected chi connectivity index (χ2v) is 3.98. The lowest BCUT2D eigenvalue weighted by molar-refractivity contribution is -0.126. The number of hydrogen-bond acceptors (Lipinski definition) is 3. The molecule has 4 heteroatoms. The fourth-order valence-corrected chi connectivity index (χ4v) is 1.17. The van der Waals surface area contributed by atoms with Crippen molar-refractivity contribution in [1.29, 1.82) is 0 Å². The van der Waals surface area contributed by atoms with Crippen LogP contribution in [0.5, 0.6) is 0 Å². The van der Waals surface area contributed by atoms with Crippen LogP contribution in [0.2, 0.25) is 0 Å². The second kappa shape index (κ2) is 6.10. The molecule has 1 amide bonds. The smallest absolute Gasteiger partial charge is 0.220 e. The summed E-state index contributed by atoms with van der Waals surface area (Å²) in [4.78, 5) is 22.6. The first-order valence-electron chi connectivity index (χ1n) is 5.41. The highest BCUT2D eigenvalue weighted by atomic mass is 16.3. The van der Waals surface area contributed by atoms with E-state index in [0.29, 0.717) is 12.8 Å². The molecule has 16 heavy (non-hydrogen) atoms. The number of nitrogens with one attached hydrogen (secondary N) is 1. The molecular formula is C12H17NO3. The average molecular weight is 223 g/mol. The summed E-state index contributed by atoms with van der Waals surface area (Å²) < 4.78 is 5.10. The molecule has 0 unspecified atom stereocenters. The van der Waals surface area contributed by atoms with Crippen LogP contribution < -0.4 is 5.32 Å². The van der Waals surface area contributed by atoms with Crippen molar-refractivity contribution >= 4 is 11.7 Å². The lowest BCUT2D eigenvalue weighted by atomic mass is 10.1. The maximum absolute atomic E-state index is 11.4. The van der Waals surface area contributed by atoms with Gasteiger partial charge in [-0.05, 0) is 12.1 Å². The fourth-order valence-electron chi connectivity index (χ4n) is 1.17. The molecule has 0 saturated heterocycles. The quantitative estimate of drug-likeness (QED) is 0.796. The summed E-state index contributed by atoms with van der Waals surface area (Å²) in [6.07, 6.45) is 2.49. The highest BCUT2D eigenvalue weighted by Crippen LogP contribution is 2.03. The minimum atomic E-state index is -0.120. The van der Waals surface area contributed by atoms with E-state index in [1.807, 2.05) is 19.9 Å². The molecule has 1 aromatic rings. The van der Waals surface area contributed by atoms with Gasteiger partial charge in [-0.15, -0.1) is 0 Å². The van der Waals surface area contributed by atoms with E-state index in [1.165, 1.54) is 0 Å². The SMILES string of the molecule is CC(C)C(=O)CNC(=O)CCc1ccco1. The molecule has 0 radical (unpaired) electrons. The fraction of sp³-hybridized carbons (Fsp3) is 0.500. The third-order valence-corrected chi connectivity index (χ3v) is 2.28. The van der Waals surface area contributed by atoms with Gasteiger partial charge in [0.2, 0.25) is 5.91 Å². The van der Waals surface area contributed by atoms with Crippen LogP contribution in [-0.4, -0.2) is 18.2 Å². The highest BCUT2D eigenvalue weighted by Gasteiger charge is 2.09. The van der Waals surface area contributed by atoms with Gasteiger partial charge < -0.3 is 9.73 Å². The van der Waals surface area contributed by atoms with Gasteiger partial charge in [-0.2, -0.15) is 0 Å². The van der Waals surface area contributed by atoms with Crippen molar-refractivity contribution < 1.29 is 14.0 Å². The number of hydrogen-bond donors (Lipinski definition) is 1. The molecule has 4 nitrogen and oxygen atoms in total. The van der Waals surface area contributed by atoms with Crippen molar-refractivity contribution in [2.24, 2.45) is 5.92 Å². The maximum atomic E-state index is 11.4. The Morgan fingerprint density at radius 3 is 2.75 bits per heavy atom. The van der Waals surface area contributed by atoms with Crippen LogP contribution in [0.1, 0.15) is 26.0 Å². The van der Waals surface area contributed by atoms with Gasteiger partial charge in [-0.1, -0.05) is 13.8 Å². The third-order valence-electron chi connectivity index (χ3n) is 2.28. The molecule has 0 aliphatic carbocycles. The first-order valence-corrected chi connectivity index (χ1v) is 5.41. The van der Waals surface area contributed by atoms with Gasteiger partial charge in [0.05, 0.1) is 12.8 Å². The minimum absolute atomic E-state index is 0.0367. The summed E-state index contributed by atoms with van der Waals surface area (Å²) in [5.41, 5.74) is 0. The van der Waals surface area contributed by atoms with Gasteiger partial charge in [-0.3, -0.25) is 9.59 Å². The molecule has 0 saturated carbocycles. The van der Waals surface area contributed by atoms with Crippen molar-refractivity contribution in [1.82, 2.24) is 5.32 Å². The Morgan fingerprint density at radius 1 is 1.44 bits per heavy atom. The molecule has 0 atom stereocenters. The lowest BCUT2D eigenvalue weighted by Gasteiger charge is -2.05. The number of ketones is 1. The van der Waals surface area contributed by atoms with Crippen molar-refractivity contribution in [2.45, 2.75) is 26.7 Å². The molecule has 0 spiro atoms. The van der Waals surface area contributed by atoms with Gasteiger partial charge in [0.25, 0.3) is 0 Å². The summed E-state index contributed by atoms with van der Waals surface area (Å²) in [6.45, 7) is 3.75. The molecule has 0 aromatic carbocycles. The maximum Gasteiger partial charge on any atom is 0.220 e. The first kappa shape index (κ1) is 12.5. The normalized spacial score (nSPS) is 10.4. The topological polar surface area (TPSA) is 59.3 Å². The van der Waals surface area contributed by atoms with Crippen LogP contribution in [-0.2, 0) is 16.0 Å². The molecule has 0 bridgehead atoms. The standard InChI is InChI=1S/C12H17NO3/c1-9(2)11(14)8-13-12(15)6-5-10-4-3-7-16-10/h3-4,7,9H,5-6,8H2,1-2H3,(H,13,15). The monoisotopic (exact) mass is 223 g/mol. The number of Topliss-reactive ketones (excluding diaryl/α,β-unsaturated/α-hetero) is 1. The molecular weight excluding hydrogens is 206 g/mol. The van der Waals surface area contributed by atoms with Gasteiger partial charge in [0, 0.05) is 18.8 Å². The number of carbonyl (C=O) groups excluding carboxylic acids is 2. The summed E-state index contributed by atoms with van der Waals surface area (Å²) in [7, 11) is 0. The molecule has 0 aliphatic rings. The summed E-state index contributed by atoms with van der Waals surface area (Å²) >= 11 is 0. The highest BCUT2D eigenvalue weighted by molar-refractivity contribution is 5.87. The Kier molecular flexibility index (Phi) is 4.76. The predicted octanol–water partition coefficient (Wildman–Crippen LogP) is 1.55. The Hall–Kier alpha value is -1.58. The summed E-state index contributed by atoms with van der Waals surface area (Å²) in [5.74, 6) is 0.674. The van der Waals surface area contributed by atoms with Crippen molar-refractivity contribution in [3.8, 4) is 0 Å². The van der Waals surface area contributed by atoms with Crippen LogP contribution in [0, 0.1) is 5.92 Å². The predicted molar refractivity (Wildman–Crippen MR) is 59.9 cm³/mol. The summed E-state index contributed by atoms with van der Waals surface area (Å²) in [6, 6.07) is 3.61. The average Bonchev–Trinajstić information content (AvgIpc) is 2.75. The lowest BCUT2D eigenvalue weighted by Crippen LogP contribution is -2.31. The molecule has 1 aromatic heterocycles. The minimum Gasteiger partial charge on any atom is -0.469 e. The Bertz CT molecular complexity index is 341. The number of aryl methyl sites for hydroxylation is 1. The van der Waals surface area contributed by atoms with Crippen molar-refractivity contribution in [3.63, 3.8) is 0 Å². The number of rotatable bonds is 6. The van der Waals surface area contributed by atoms with E-state index in [-0.39, 0.29) is 24.2 Å². The van der Waals surface area contributed by atoms with E-state index in [9.17, 15) is 9.59 Å². The molecule has 1 N–H and O–H groups in total. The van der Waals surface area contributed by atoms with Gasteiger partial charge >= 0.3 is 0 Å². The van der Waals surface area contributed by atoms with E-state index >= 15 is 0 Å². The number of carbonyl (C=O) groups is 2. The molecule has 0 aliphatic heterocycles. The van der Waals surface area contributed by atoms with Gasteiger partial charge in [0.15, 0.2) is 5.78 Å². The molecule has 88 valence electrons. The van der Waals surface area contributed by atoms with E-state index in [4.69, 9.17) is 4.42 Å². The Labute approximate surface area is 95.0 Å². The zero-order valence-electron chi connectivity index (χ0n) is 9.66. The van der Waals surface area contributed by atoms with E-state index in [2.05, 4.69) is 5.32 Å². The van der Waals surface area contributed by atoms with Gasteiger partial charge in [0.1, 0.15) is 5.76 Å². The largest absolute Gasteiger partial charge is 0.469 e. The first-order chi connectivity index (χ1) is 7.59. The van der Waals surface area contributed by atoms with E-state index in [1.54, 1.807) is 12.3 Å². The van der Waals surface area contributed by atoms with Crippen LogP contribution in [0.25, 0.3) is 0 Å². The Morgan fingerprint density at radius 2 is 2.19 bits per heavy atom. The number of amides is 1. The van der Waals surface area contributed by atoms with E-state index < -0.39 is 0 Å². The van der Waals surface area contributed by atoms with Crippen LogP contribution >= 0.6 is 0 Å². The molecule has 0 fully saturated rings. The second-order valence-electron chi connectivity index (χ2n) is 3.98. The zero-order chi connectivity index (χ0) is 12.0. The third kappa shape index (κ3) is 4.29. The Balaban J connectivity index is 2.19. The summed E-state index contributed by atoms with van der Waals surface area (Å²) in [5, 5.41) is 2.60. The zero-order valence-corrected chi connectivity index (χ0v) is 9.66. The number of furan rings is 1. The molecule has 1 heterocycles. The van der Waals surface area contributed by atoms with E-state index in [0.717, 1.165) is 5.76 Å². The van der Waals surface area contributed by atoms with Gasteiger partial charge in [-0.25, -0.2) is 0 Å². The van der Waals surface area contributed by atoms with Crippen LogP contribution in [0.4, 0.5) is 0 Å². The van der Waals surface area contributed by atoms with Crippen molar-refractivity contribution in [3.05, 3.63) is 24.2 Å². The van der Waals surface area contributed by atoms with Crippen molar-refractivity contribution in [2.75, 3.05) is 6.54 Å². The van der Waals surface area contributed by atoms with Crippen LogP contribution in [0.3, 0.4) is 0 Å².